The minimum Gasteiger partial charge on any atom is -0.497 e. The Kier molecular flexibility index (Phi) is 6.64. The molecule has 8 heteroatoms. The van der Waals surface area contributed by atoms with Crippen LogP contribution in [0.25, 0.3) is 0 Å². The molecule has 1 aliphatic heterocycles. The van der Waals surface area contributed by atoms with E-state index in [9.17, 15) is 4.79 Å². The predicted octanol–water partition coefficient (Wildman–Crippen LogP) is 0.401. The number of likely N-dealkylation sites (N-methyl/N-ethyl adjacent to an activating group) is 1. The van der Waals surface area contributed by atoms with Crippen LogP contribution in [0.2, 0.25) is 0 Å². The largest absolute Gasteiger partial charge is 0.497 e. The Morgan fingerprint density at radius 1 is 1.50 bits per heavy atom. The Balaban J connectivity index is 0.000000644. The van der Waals surface area contributed by atoms with Crippen molar-refractivity contribution in [1.82, 2.24) is 0 Å². The zero-order valence-corrected chi connectivity index (χ0v) is 12.1. The number of fused-ring (bicyclic) bond motifs is 1. The zero-order chi connectivity index (χ0) is 14.6. The Morgan fingerprint density at radius 3 is 2.50 bits per heavy atom. The highest BCUT2D eigenvalue weighted by molar-refractivity contribution is 5.85. The number of carboxylic acid groups (broad SMARTS) is 1. The summed E-state index contributed by atoms with van der Waals surface area (Å²) in [5.74, 6) is -0.346. The standard InChI is InChI=1S/C11H13NO3.CH5N3.ClH/c1-12-9-4-3-8(15-2)5-7(9)6-10(12)11(13)14;2-1(3)4;/h3-5,10H,6H2,1-2H3,(H,13,14);(H5,2,3,4);1H. The fraction of sp³-hybridized carbons (Fsp3) is 0.333. The molecule has 0 bridgehead atoms. The van der Waals surface area contributed by atoms with Gasteiger partial charge in [0.2, 0.25) is 0 Å². The minimum atomic E-state index is -0.785. The third-order valence-corrected chi connectivity index (χ3v) is 2.83. The summed E-state index contributed by atoms with van der Waals surface area (Å²) in [7, 11) is 3.41. The molecule has 6 N–H and O–H groups in total. The van der Waals surface area contributed by atoms with Gasteiger partial charge in [-0.3, -0.25) is 5.41 Å². The van der Waals surface area contributed by atoms with Crippen molar-refractivity contribution in [3.05, 3.63) is 23.8 Å². The number of anilines is 1. The molecule has 0 aliphatic carbocycles. The molecular formula is C12H19ClN4O3. The first-order valence-electron chi connectivity index (χ1n) is 5.58. The average molecular weight is 303 g/mol. The summed E-state index contributed by atoms with van der Waals surface area (Å²) in [4.78, 5) is 12.8. The summed E-state index contributed by atoms with van der Waals surface area (Å²) >= 11 is 0. The lowest BCUT2D eigenvalue weighted by molar-refractivity contribution is -0.138. The van der Waals surface area contributed by atoms with Gasteiger partial charge in [0.25, 0.3) is 0 Å². The predicted molar refractivity (Wildman–Crippen MR) is 79.9 cm³/mol. The van der Waals surface area contributed by atoms with E-state index in [4.69, 9.17) is 15.3 Å². The minimum absolute atomic E-state index is 0. The lowest BCUT2D eigenvalue weighted by Crippen LogP contribution is -2.35. The molecule has 1 unspecified atom stereocenters. The van der Waals surface area contributed by atoms with E-state index in [1.807, 2.05) is 18.2 Å². The number of nitrogens with two attached hydrogens (primary N) is 2. The van der Waals surface area contributed by atoms with Gasteiger partial charge in [-0.05, 0) is 23.8 Å². The van der Waals surface area contributed by atoms with E-state index in [1.165, 1.54) is 0 Å². The third-order valence-electron chi connectivity index (χ3n) is 2.83. The van der Waals surface area contributed by atoms with Crippen molar-refractivity contribution < 1.29 is 14.6 Å². The van der Waals surface area contributed by atoms with Crippen molar-refractivity contribution in [3.63, 3.8) is 0 Å². The first kappa shape index (κ1) is 17.8. The van der Waals surface area contributed by atoms with E-state index in [0.717, 1.165) is 17.0 Å². The van der Waals surface area contributed by atoms with E-state index in [-0.39, 0.29) is 18.4 Å². The van der Waals surface area contributed by atoms with Crippen LogP contribution in [-0.4, -0.2) is 37.2 Å². The lowest BCUT2D eigenvalue weighted by atomic mass is 10.1. The molecule has 0 spiro atoms. The van der Waals surface area contributed by atoms with Crippen LogP contribution >= 0.6 is 12.4 Å². The zero-order valence-electron chi connectivity index (χ0n) is 11.3. The molecule has 0 saturated carbocycles. The van der Waals surface area contributed by atoms with Crippen molar-refractivity contribution in [3.8, 4) is 5.75 Å². The van der Waals surface area contributed by atoms with Crippen LogP contribution in [0.1, 0.15) is 5.56 Å². The highest BCUT2D eigenvalue weighted by Gasteiger charge is 2.31. The van der Waals surface area contributed by atoms with E-state index >= 15 is 0 Å². The van der Waals surface area contributed by atoms with E-state index in [1.54, 1.807) is 19.1 Å². The Labute approximate surface area is 123 Å². The summed E-state index contributed by atoms with van der Waals surface area (Å²) < 4.78 is 5.10. The van der Waals surface area contributed by atoms with Gasteiger partial charge in [-0.2, -0.15) is 0 Å². The maximum atomic E-state index is 11.0. The molecule has 0 amide bonds. The summed E-state index contributed by atoms with van der Waals surface area (Å²) in [6.07, 6.45) is 0.540. The number of halogens is 1. The van der Waals surface area contributed by atoms with Gasteiger partial charge in [-0.15, -0.1) is 12.4 Å². The smallest absolute Gasteiger partial charge is 0.326 e. The number of methoxy groups -OCH3 is 1. The second-order valence-corrected chi connectivity index (χ2v) is 4.12. The van der Waals surface area contributed by atoms with Crippen molar-refractivity contribution in [2.75, 3.05) is 19.1 Å². The van der Waals surface area contributed by atoms with Gasteiger partial charge < -0.3 is 26.2 Å². The molecule has 1 aliphatic rings. The molecular weight excluding hydrogens is 284 g/mol. The van der Waals surface area contributed by atoms with Crippen LogP contribution in [0.15, 0.2) is 18.2 Å². The quantitative estimate of drug-likeness (QED) is 0.463. The lowest BCUT2D eigenvalue weighted by Gasteiger charge is -2.18. The van der Waals surface area contributed by atoms with Crippen LogP contribution in [0.4, 0.5) is 5.69 Å². The Hall–Kier alpha value is -2.15. The van der Waals surface area contributed by atoms with E-state index in [2.05, 4.69) is 11.5 Å². The second-order valence-electron chi connectivity index (χ2n) is 4.12. The molecule has 20 heavy (non-hydrogen) atoms. The average Bonchev–Trinajstić information content (AvgIpc) is 2.65. The first-order chi connectivity index (χ1) is 8.86. The van der Waals surface area contributed by atoms with Crippen LogP contribution in [0, 0.1) is 5.41 Å². The molecule has 0 aromatic heterocycles. The number of hydrogen-bond acceptors (Lipinski definition) is 4. The van der Waals surface area contributed by atoms with Crippen molar-refractivity contribution in [2.45, 2.75) is 12.5 Å². The molecule has 7 nitrogen and oxygen atoms in total. The first-order valence-corrected chi connectivity index (χ1v) is 5.58. The Bertz CT molecular complexity index is 492. The van der Waals surface area contributed by atoms with Crippen LogP contribution in [0.5, 0.6) is 5.75 Å². The van der Waals surface area contributed by atoms with Gasteiger partial charge in [0.15, 0.2) is 5.96 Å². The highest BCUT2D eigenvalue weighted by Crippen LogP contribution is 2.33. The van der Waals surface area contributed by atoms with Gasteiger partial charge in [0.1, 0.15) is 11.8 Å². The summed E-state index contributed by atoms with van der Waals surface area (Å²) in [5, 5.41) is 15.1. The SMILES string of the molecule is COc1ccc2c(c1)CC(C(=O)O)N2C.Cl.N=C(N)N. The van der Waals surface area contributed by atoms with Gasteiger partial charge in [-0.25, -0.2) is 4.79 Å². The normalized spacial score (nSPS) is 15.3. The van der Waals surface area contributed by atoms with Gasteiger partial charge in [-0.1, -0.05) is 0 Å². The number of rotatable bonds is 2. The molecule has 0 saturated heterocycles. The summed E-state index contributed by atoms with van der Waals surface area (Å²) in [5.41, 5.74) is 11.0. The molecule has 1 atom stereocenters. The fourth-order valence-electron chi connectivity index (χ4n) is 1.96. The van der Waals surface area contributed by atoms with Crippen molar-refractivity contribution in [2.24, 2.45) is 11.5 Å². The number of carboxylic acids is 1. The fourth-order valence-corrected chi connectivity index (χ4v) is 1.96. The van der Waals surface area contributed by atoms with Crippen LogP contribution < -0.4 is 21.1 Å². The molecule has 0 fully saturated rings. The Morgan fingerprint density at radius 2 is 2.05 bits per heavy atom. The van der Waals surface area contributed by atoms with Crippen molar-refractivity contribution >= 4 is 30.0 Å². The van der Waals surface area contributed by atoms with Gasteiger partial charge in [0, 0.05) is 19.2 Å². The summed E-state index contributed by atoms with van der Waals surface area (Å²) in [6, 6.07) is 5.19. The number of guanidine groups is 1. The molecule has 1 aromatic carbocycles. The van der Waals surface area contributed by atoms with Gasteiger partial charge >= 0.3 is 5.97 Å². The number of carbonyl (C=O) groups is 1. The van der Waals surface area contributed by atoms with E-state index in [0.29, 0.717) is 6.42 Å². The monoisotopic (exact) mass is 302 g/mol. The summed E-state index contributed by atoms with van der Waals surface area (Å²) in [6.45, 7) is 0. The second kappa shape index (κ2) is 7.44. The van der Waals surface area contributed by atoms with E-state index < -0.39 is 12.0 Å². The maximum absolute atomic E-state index is 11.0. The maximum Gasteiger partial charge on any atom is 0.326 e. The number of aliphatic carboxylic acids is 1. The topological polar surface area (TPSA) is 126 Å². The van der Waals surface area contributed by atoms with Crippen LogP contribution in [0.3, 0.4) is 0 Å². The van der Waals surface area contributed by atoms with Crippen molar-refractivity contribution in [1.29, 1.82) is 5.41 Å². The molecule has 1 aromatic rings. The number of nitrogens with one attached hydrogen (secondary N) is 1. The van der Waals surface area contributed by atoms with Gasteiger partial charge in [0.05, 0.1) is 7.11 Å². The number of benzene rings is 1. The molecule has 0 radical (unpaired) electrons. The molecule has 1 heterocycles. The third kappa shape index (κ3) is 4.20. The number of hydrogen-bond donors (Lipinski definition) is 4. The highest BCUT2D eigenvalue weighted by atomic mass is 35.5. The molecule has 112 valence electrons. The molecule has 2 rings (SSSR count). The number of ether oxygens (including phenoxy) is 1. The van der Waals surface area contributed by atoms with Crippen LogP contribution in [-0.2, 0) is 11.2 Å². The number of nitrogens with zero attached hydrogens (tertiary/aromatic N) is 1.